The van der Waals surface area contributed by atoms with Gasteiger partial charge in [-0.3, -0.25) is 15.1 Å². The van der Waals surface area contributed by atoms with Gasteiger partial charge in [0, 0.05) is 18.7 Å². The van der Waals surface area contributed by atoms with E-state index in [2.05, 4.69) is 5.16 Å². The van der Waals surface area contributed by atoms with Gasteiger partial charge in [0.05, 0.1) is 13.2 Å². The molecule has 1 rings (SSSR count). The summed E-state index contributed by atoms with van der Waals surface area (Å²) >= 11 is 0. The third-order valence-corrected chi connectivity index (χ3v) is 2.40. The van der Waals surface area contributed by atoms with Gasteiger partial charge in [0.25, 0.3) is 5.91 Å². The summed E-state index contributed by atoms with van der Waals surface area (Å²) in [4.78, 5) is 13.2. The molecular formula is C10H18N4O3. The Morgan fingerprint density at radius 3 is 2.94 bits per heavy atom. The molecule has 0 bridgehead atoms. The highest BCUT2D eigenvalue weighted by Crippen LogP contribution is 2.09. The Labute approximate surface area is 99.5 Å². The largest absolute Gasteiger partial charge is 0.395 e. The first-order chi connectivity index (χ1) is 8.08. The van der Waals surface area contributed by atoms with Gasteiger partial charge < -0.3 is 9.63 Å². The molecule has 0 saturated heterocycles. The second-order valence-corrected chi connectivity index (χ2v) is 3.94. The van der Waals surface area contributed by atoms with Crippen LogP contribution in [0.5, 0.6) is 0 Å². The summed E-state index contributed by atoms with van der Waals surface area (Å²) in [5, 5.41) is 12.5. The summed E-state index contributed by atoms with van der Waals surface area (Å²) in [5.74, 6) is 5.06. The standard InChI is InChI=1S/C10H18N4O3/c1-7(2)14(3-4-15)6-8-5-9(13-17-8)10(16)12-11/h5,7,15H,3-4,6,11H2,1-2H3,(H,12,16). The summed E-state index contributed by atoms with van der Waals surface area (Å²) in [6, 6.07) is 1.80. The molecule has 7 heteroatoms. The summed E-state index contributed by atoms with van der Waals surface area (Å²) in [7, 11) is 0. The van der Waals surface area contributed by atoms with E-state index >= 15 is 0 Å². The van der Waals surface area contributed by atoms with E-state index in [0.29, 0.717) is 18.8 Å². The lowest BCUT2D eigenvalue weighted by Crippen LogP contribution is -2.32. The van der Waals surface area contributed by atoms with Crippen LogP contribution in [-0.2, 0) is 6.54 Å². The molecule has 7 nitrogen and oxygen atoms in total. The molecule has 0 aromatic carbocycles. The number of rotatable bonds is 6. The van der Waals surface area contributed by atoms with Crippen LogP contribution in [-0.4, -0.2) is 40.3 Å². The molecule has 0 spiro atoms. The number of carbonyl (C=O) groups excluding carboxylic acids is 1. The molecule has 4 N–H and O–H groups in total. The fraction of sp³-hybridized carbons (Fsp3) is 0.600. The fourth-order valence-electron chi connectivity index (χ4n) is 1.42. The lowest BCUT2D eigenvalue weighted by molar-refractivity contribution is 0.0944. The predicted octanol–water partition coefficient (Wildman–Crippen LogP) is -0.519. The van der Waals surface area contributed by atoms with E-state index in [0.717, 1.165) is 0 Å². The minimum absolute atomic E-state index is 0.0719. The van der Waals surface area contributed by atoms with Crippen molar-refractivity contribution in [2.75, 3.05) is 13.2 Å². The van der Waals surface area contributed by atoms with E-state index in [1.165, 1.54) is 6.07 Å². The number of nitrogens with zero attached hydrogens (tertiary/aromatic N) is 2. The van der Waals surface area contributed by atoms with Gasteiger partial charge in [0.1, 0.15) is 0 Å². The first-order valence-electron chi connectivity index (χ1n) is 5.40. The first kappa shape index (κ1) is 13.6. The quantitative estimate of drug-likeness (QED) is 0.352. The summed E-state index contributed by atoms with van der Waals surface area (Å²) in [6.07, 6.45) is 0. The van der Waals surface area contributed by atoms with Gasteiger partial charge in [-0.2, -0.15) is 0 Å². The van der Waals surface area contributed by atoms with Crippen molar-refractivity contribution < 1.29 is 14.4 Å². The minimum Gasteiger partial charge on any atom is -0.395 e. The smallest absolute Gasteiger partial charge is 0.287 e. The van der Waals surface area contributed by atoms with E-state index in [4.69, 9.17) is 15.5 Å². The number of aliphatic hydroxyl groups excluding tert-OH is 1. The van der Waals surface area contributed by atoms with Crippen molar-refractivity contribution in [3.63, 3.8) is 0 Å². The average molecular weight is 242 g/mol. The second-order valence-electron chi connectivity index (χ2n) is 3.94. The number of nitrogens with one attached hydrogen (secondary N) is 1. The molecule has 1 amide bonds. The molecule has 0 atom stereocenters. The Balaban J connectivity index is 2.66. The molecule has 1 heterocycles. The van der Waals surface area contributed by atoms with Gasteiger partial charge >= 0.3 is 0 Å². The maximum atomic E-state index is 11.2. The number of hydrogen-bond acceptors (Lipinski definition) is 6. The van der Waals surface area contributed by atoms with Gasteiger partial charge in [0.2, 0.25) is 0 Å². The van der Waals surface area contributed by atoms with Crippen LogP contribution in [0, 0.1) is 0 Å². The van der Waals surface area contributed by atoms with Crippen LogP contribution < -0.4 is 11.3 Å². The van der Waals surface area contributed by atoms with Crippen LogP contribution in [0.2, 0.25) is 0 Å². The van der Waals surface area contributed by atoms with E-state index in [9.17, 15) is 4.79 Å². The zero-order valence-corrected chi connectivity index (χ0v) is 10.0. The zero-order chi connectivity index (χ0) is 12.8. The van der Waals surface area contributed by atoms with Crippen molar-refractivity contribution in [2.45, 2.75) is 26.4 Å². The van der Waals surface area contributed by atoms with Gasteiger partial charge in [-0.25, -0.2) is 5.84 Å². The Kier molecular flexibility index (Phi) is 5.08. The Bertz CT molecular complexity index is 364. The van der Waals surface area contributed by atoms with Crippen LogP contribution in [0.15, 0.2) is 10.6 Å². The highest BCUT2D eigenvalue weighted by molar-refractivity contribution is 5.91. The lowest BCUT2D eigenvalue weighted by Gasteiger charge is -2.23. The number of nitrogens with two attached hydrogens (primary N) is 1. The molecule has 1 aromatic rings. The molecule has 0 saturated carbocycles. The summed E-state index contributed by atoms with van der Waals surface area (Å²) < 4.78 is 5.02. The first-order valence-corrected chi connectivity index (χ1v) is 5.40. The van der Waals surface area contributed by atoms with Crippen molar-refractivity contribution in [1.82, 2.24) is 15.5 Å². The van der Waals surface area contributed by atoms with Crippen molar-refractivity contribution in [3.05, 3.63) is 17.5 Å². The Morgan fingerprint density at radius 1 is 1.71 bits per heavy atom. The van der Waals surface area contributed by atoms with E-state index in [1.807, 2.05) is 24.2 Å². The number of carbonyl (C=O) groups is 1. The SMILES string of the molecule is CC(C)N(CCO)Cc1cc(C(=O)NN)no1. The van der Waals surface area contributed by atoms with Crippen LogP contribution >= 0.6 is 0 Å². The highest BCUT2D eigenvalue weighted by atomic mass is 16.5. The van der Waals surface area contributed by atoms with Gasteiger partial charge in [-0.05, 0) is 13.8 Å². The Morgan fingerprint density at radius 2 is 2.41 bits per heavy atom. The predicted molar refractivity (Wildman–Crippen MR) is 60.8 cm³/mol. The van der Waals surface area contributed by atoms with Crippen molar-refractivity contribution in [1.29, 1.82) is 0 Å². The van der Waals surface area contributed by atoms with Crippen molar-refractivity contribution in [2.24, 2.45) is 5.84 Å². The highest BCUT2D eigenvalue weighted by Gasteiger charge is 2.15. The van der Waals surface area contributed by atoms with Crippen molar-refractivity contribution >= 4 is 5.91 Å². The van der Waals surface area contributed by atoms with E-state index < -0.39 is 5.91 Å². The molecule has 0 unspecified atom stereocenters. The number of hydrogen-bond donors (Lipinski definition) is 3. The topological polar surface area (TPSA) is 105 Å². The molecule has 0 radical (unpaired) electrons. The number of amides is 1. The fourth-order valence-corrected chi connectivity index (χ4v) is 1.42. The Hall–Kier alpha value is -1.44. The van der Waals surface area contributed by atoms with Crippen molar-refractivity contribution in [3.8, 4) is 0 Å². The van der Waals surface area contributed by atoms with Gasteiger partial charge in [-0.1, -0.05) is 5.16 Å². The molecule has 96 valence electrons. The normalized spacial score (nSPS) is 11.2. The third kappa shape index (κ3) is 3.81. The summed E-state index contributed by atoms with van der Waals surface area (Å²) in [5.41, 5.74) is 2.13. The molecule has 0 aliphatic rings. The molecule has 1 aromatic heterocycles. The van der Waals surface area contributed by atoms with Crippen LogP contribution in [0.3, 0.4) is 0 Å². The minimum atomic E-state index is -0.488. The van der Waals surface area contributed by atoms with Gasteiger partial charge in [-0.15, -0.1) is 0 Å². The monoisotopic (exact) mass is 242 g/mol. The molecule has 0 aliphatic heterocycles. The van der Waals surface area contributed by atoms with E-state index in [1.54, 1.807) is 0 Å². The average Bonchev–Trinajstić information content (AvgIpc) is 2.76. The number of aliphatic hydroxyl groups is 1. The third-order valence-electron chi connectivity index (χ3n) is 2.40. The molecule has 17 heavy (non-hydrogen) atoms. The molecule has 0 aliphatic carbocycles. The van der Waals surface area contributed by atoms with Crippen LogP contribution in [0.4, 0.5) is 0 Å². The zero-order valence-electron chi connectivity index (χ0n) is 10.0. The lowest BCUT2D eigenvalue weighted by atomic mass is 10.2. The number of aromatic nitrogens is 1. The maximum Gasteiger partial charge on any atom is 0.287 e. The van der Waals surface area contributed by atoms with Gasteiger partial charge in [0.15, 0.2) is 11.5 Å². The van der Waals surface area contributed by atoms with E-state index in [-0.39, 0.29) is 18.3 Å². The molecular weight excluding hydrogens is 224 g/mol. The second kappa shape index (κ2) is 6.33. The van der Waals surface area contributed by atoms with Crippen LogP contribution in [0.1, 0.15) is 30.1 Å². The number of hydrazine groups is 1. The maximum absolute atomic E-state index is 11.2. The number of nitrogen functional groups attached to an aromatic ring is 1. The summed E-state index contributed by atoms with van der Waals surface area (Å²) in [6.45, 7) is 5.13. The van der Waals surface area contributed by atoms with Crippen LogP contribution in [0.25, 0.3) is 0 Å². The molecule has 0 fully saturated rings.